The van der Waals surface area contributed by atoms with E-state index in [2.05, 4.69) is 10.2 Å². The molecule has 0 aromatic carbocycles. The van der Waals surface area contributed by atoms with Gasteiger partial charge in [-0.15, -0.1) is 0 Å². The Morgan fingerprint density at radius 2 is 2.43 bits per heavy atom. The van der Waals surface area contributed by atoms with Crippen molar-refractivity contribution in [1.82, 2.24) is 10.2 Å². The third-order valence-corrected chi connectivity index (χ3v) is 3.19. The molecule has 0 spiro atoms. The molecule has 1 heterocycles. The van der Waals surface area contributed by atoms with Crippen LogP contribution in [-0.4, -0.2) is 38.1 Å². The Bertz CT molecular complexity index is 193. The summed E-state index contributed by atoms with van der Waals surface area (Å²) in [6.45, 7) is 4.16. The lowest BCUT2D eigenvalue weighted by atomic mass is 9.98. The lowest BCUT2D eigenvalue weighted by Crippen LogP contribution is -2.39. The topological polar surface area (TPSA) is 15.3 Å². The number of nitrogens with one attached hydrogen (secondary N) is 1. The lowest BCUT2D eigenvalue weighted by molar-refractivity contribution is 0.189. The van der Waals surface area contributed by atoms with Gasteiger partial charge in [-0.05, 0) is 38.9 Å². The van der Waals surface area contributed by atoms with Gasteiger partial charge in [0.1, 0.15) is 0 Å². The van der Waals surface area contributed by atoms with Crippen molar-refractivity contribution in [2.45, 2.75) is 12.8 Å². The molecule has 0 bridgehead atoms. The first-order chi connectivity index (χ1) is 6.76. The van der Waals surface area contributed by atoms with E-state index in [9.17, 15) is 0 Å². The van der Waals surface area contributed by atoms with Crippen LogP contribution in [-0.2, 0) is 0 Å². The van der Waals surface area contributed by atoms with Crippen molar-refractivity contribution in [2.24, 2.45) is 5.92 Å². The van der Waals surface area contributed by atoms with Crippen LogP contribution in [0.25, 0.3) is 0 Å². The molecule has 1 rings (SSSR count). The number of hydrogen-bond acceptors (Lipinski definition) is 2. The van der Waals surface area contributed by atoms with Crippen LogP contribution in [0, 0.1) is 5.92 Å². The van der Waals surface area contributed by atoms with Crippen molar-refractivity contribution < 1.29 is 0 Å². The molecule has 2 nitrogen and oxygen atoms in total. The molecule has 0 saturated carbocycles. The largest absolute Gasteiger partial charge is 0.319 e. The molecule has 14 heavy (non-hydrogen) atoms. The number of nitrogens with zero attached hydrogens (tertiary/aromatic N) is 1. The van der Waals surface area contributed by atoms with Crippen LogP contribution in [0.2, 0.25) is 0 Å². The smallest absolute Gasteiger partial charge is 0.0434 e. The van der Waals surface area contributed by atoms with E-state index in [1.165, 1.54) is 18.4 Å². The van der Waals surface area contributed by atoms with E-state index >= 15 is 0 Å². The molecular formula is C10H18Cl2N2. The highest BCUT2D eigenvalue weighted by Crippen LogP contribution is 2.17. The number of piperidine rings is 1. The van der Waals surface area contributed by atoms with E-state index in [4.69, 9.17) is 23.2 Å². The van der Waals surface area contributed by atoms with Gasteiger partial charge >= 0.3 is 0 Å². The zero-order valence-electron chi connectivity index (χ0n) is 8.60. The lowest BCUT2D eigenvalue weighted by Gasteiger charge is -2.32. The van der Waals surface area contributed by atoms with Gasteiger partial charge in [0.2, 0.25) is 0 Å². The second-order valence-corrected chi connectivity index (χ2v) is 4.56. The minimum Gasteiger partial charge on any atom is -0.319 e. The molecule has 0 aromatic heterocycles. The SMILES string of the molecule is CNCC1CCCN(CC(Cl)=CCl)C1. The van der Waals surface area contributed by atoms with E-state index in [-0.39, 0.29) is 0 Å². The molecule has 1 aliphatic heterocycles. The summed E-state index contributed by atoms with van der Waals surface area (Å²) in [7, 11) is 2.00. The van der Waals surface area contributed by atoms with Crippen LogP contribution in [0.5, 0.6) is 0 Å². The molecule has 1 unspecified atom stereocenters. The summed E-state index contributed by atoms with van der Waals surface area (Å²) in [5.74, 6) is 0.758. The van der Waals surface area contributed by atoms with Crippen LogP contribution in [0.1, 0.15) is 12.8 Å². The Labute approximate surface area is 96.2 Å². The molecule has 1 aliphatic rings. The van der Waals surface area contributed by atoms with Gasteiger partial charge in [0, 0.05) is 23.7 Å². The Balaban J connectivity index is 2.32. The van der Waals surface area contributed by atoms with Gasteiger partial charge in [-0.1, -0.05) is 23.2 Å². The molecule has 4 heteroatoms. The molecule has 1 atom stereocenters. The highest BCUT2D eigenvalue weighted by Gasteiger charge is 2.19. The van der Waals surface area contributed by atoms with Crippen LogP contribution in [0.3, 0.4) is 0 Å². The van der Waals surface area contributed by atoms with Crippen LogP contribution >= 0.6 is 23.2 Å². The third-order valence-electron chi connectivity index (χ3n) is 2.59. The molecule has 0 aliphatic carbocycles. The fourth-order valence-corrected chi connectivity index (χ4v) is 2.24. The first-order valence-corrected chi connectivity index (χ1v) is 5.89. The van der Waals surface area contributed by atoms with Gasteiger partial charge in [-0.3, -0.25) is 4.90 Å². The molecule has 1 fully saturated rings. The summed E-state index contributed by atoms with van der Waals surface area (Å²) in [5, 5.41) is 3.96. The maximum atomic E-state index is 5.90. The molecule has 1 saturated heterocycles. The van der Waals surface area contributed by atoms with Crippen molar-refractivity contribution >= 4 is 23.2 Å². The highest BCUT2D eigenvalue weighted by atomic mass is 35.5. The Morgan fingerprint density at radius 1 is 1.64 bits per heavy atom. The third kappa shape index (κ3) is 4.18. The van der Waals surface area contributed by atoms with Gasteiger partial charge in [-0.25, -0.2) is 0 Å². The minimum atomic E-state index is 0.733. The summed E-state index contributed by atoms with van der Waals surface area (Å²) in [6.07, 6.45) is 2.58. The number of likely N-dealkylation sites (tertiary alicyclic amines) is 1. The fraction of sp³-hybridized carbons (Fsp3) is 0.800. The summed E-state index contributed by atoms with van der Waals surface area (Å²) in [6, 6.07) is 0. The number of halogens is 2. The van der Waals surface area contributed by atoms with Crippen molar-refractivity contribution in [3.63, 3.8) is 0 Å². The Kier molecular flexibility index (Phi) is 5.87. The average molecular weight is 237 g/mol. The van der Waals surface area contributed by atoms with E-state index < -0.39 is 0 Å². The van der Waals surface area contributed by atoms with Crippen molar-refractivity contribution in [3.05, 3.63) is 10.6 Å². The van der Waals surface area contributed by atoms with Gasteiger partial charge in [0.25, 0.3) is 0 Å². The first kappa shape index (κ1) is 12.3. The standard InChI is InChI=1S/C10H18Cl2N2/c1-13-6-9-3-2-4-14(7-9)8-10(12)5-11/h5,9,13H,2-4,6-8H2,1H3. The van der Waals surface area contributed by atoms with Crippen LogP contribution in [0.4, 0.5) is 0 Å². The average Bonchev–Trinajstić information content (AvgIpc) is 2.19. The predicted molar refractivity (Wildman–Crippen MR) is 62.9 cm³/mol. The zero-order valence-corrected chi connectivity index (χ0v) is 10.1. The fourth-order valence-electron chi connectivity index (χ4n) is 2.00. The van der Waals surface area contributed by atoms with Gasteiger partial charge in [0.15, 0.2) is 0 Å². The van der Waals surface area contributed by atoms with Crippen LogP contribution < -0.4 is 5.32 Å². The molecule has 0 aromatic rings. The van der Waals surface area contributed by atoms with Gasteiger partial charge in [0.05, 0.1) is 0 Å². The normalized spacial score (nSPS) is 25.4. The van der Waals surface area contributed by atoms with E-state index in [0.717, 1.165) is 37.1 Å². The predicted octanol–water partition coefficient (Wildman–Crippen LogP) is 2.24. The van der Waals surface area contributed by atoms with E-state index in [1.807, 2.05) is 7.05 Å². The second kappa shape index (κ2) is 6.67. The quantitative estimate of drug-likeness (QED) is 0.806. The molecule has 1 N–H and O–H groups in total. The summed E-state index contributed by atoms with van der Waals surface area (Å²) >= 11 is 11.4. The first-order valence-electron chi connectivity index (χ1n) is 5.08. The van der Waals surface area contributed by atoms with Crippen molar-refractivity contribution in [2.75, 3.05) is 33.2 Å². The second-order valence-electron chi connectivity index (χ2n) is 3.86. The Hall–Kier alpha value is 0.240. The number of rotatable bonds is 4. The zero-order chi connectivity index (χ0) is 10.4. The molecule has 0 radical (unpaired) electrons. The van der Waals surface area contributed by atoms with Gasteiger partial charge in [-0.2, -0.15) is 0 Å². The van der Waals surface area contributed by atoms with E-state index in [1.54, 1.807) is 0 Å². The monoisotopic (exact) mass is 236 g/mol. The highest BCUT2D eigenvalue weighted by molar-refractivity contribution is 6.36. The minimum absolute atomic E-state index is 0.733. The maximum absolute atomic E-state index is 5.90. The maximum Gasteiger partial charge on any atom is 0.0434 e. The van der Waals surface area contributed by atoms with Crippen molar-refractivity contribution in [3.8, 4) is 0 Å². The molecular weight excluding hydrogens is 219 g/mol. The van der Waals surface area contributed by atoms with Crippen molar-refractivity contribution in [1.29, 1.82) is 0 Å². The van der Waals surface area contributed by atoms with E-state index in [0.29, 0.717) is 0 Å². The van der Waals surface area contributed by atoms with Gasteiger partial charge < -0.3 is 5.32 Å². The summed E-state index contributed by atoms with van der Waals surface area (Å²) in [5.41, 5.74) is 1.46. The van der Waals surface area contributed by atoms with Crippen LogP contribution in [0.15, 0.2) is 10.6 Å². The Morgan fingerprint density at radius 3 is 3.07 bits per heavy atom. The summed E-state index contributed by atoms with van der Waals surface area (Å²) < 4.78 is 0. The molecule has 0 amide bonds. The molecule has 82 valence electrons. The number of hydrogen-bond donors (Lipinski definition) is 1. The summed E-state index contributed by atoms with van der Waals surface area (Å²) in [4.78, 5) is 2.37.